The molecule has 0 atom stereocenters. The van der Waals surface area contributed by atoms with Gasteiger partial charge in [0, 0.05) is 80.3 Å². The maximum absolute atomic E-state index is 5.39. The van der Waals surface area contributed by atoms with Gasteiger partial charge in [-0.2, -0.15) is 0 Å². The lowest BCUT2D eigenvalue weighted by Crippen LogP contribution is -1.94. The van der Waals surface area contributed by atoms with Crippen molar-refractivity contribution in [3.8, 4) is 89.7 Å². The molecule has 6 heterocycles. The van der Waals surface area contributed by atoms with E-state index >= 15 is 0 Å². The normalized spacial score (nSPS) is 11.5. The standard InChI is InChI=1S/2C43H27N3/c1-3-11-30-23-32(18-16-28(30)9-1)37-25-39-38(34-20-21-41(45-27-34)40-15-7-8-22-44-40)26-42(46-43(39)36-14-6-5-13-35(36)37)33-19-17-29-10-2-4-12-31(29)24-33;1-3-10-30-22-32(17-15-28(30)8-1)38-24-40-39(34-19-20-41(45-27-34)35-12-7-21-44-26-35)25-42(46-43(40)37-14-6-5-13-36(37)38)33-18-16-29-9-2-4-11-31(29)23-33/h2*1-27H. The van der Waals surface area contributed by atoms with Crippen LogP contribution in [0.5, 0.6) is 0 Å². The van der Waals surface area contributed by atoms with Crippen molar-refractivity contribution in [3.63, 3.8) is 0 Å². The van der Waals surface area contributed by atoms with Crippen molar-refractivity contribution in [3.05, 3.63) is 328 Å². The Morgan fingerprint density at radius 1 is 0.185 bits per heavy atom. The average Bonchev–Trinajstić information content (AvgIpc) is 0.802. The van der Waals surface area contributed by atoms with Crippen molar-refractivity contribution in [1.29, 1.82) is 0 Å². The largest absolute Gasteiger partial charge is 0.264 e. The van der Waals surface area contributed by atoms with Gasteiger partial charge >= 0.3 is 0 Å². The van der Waals surface area contributed by atoms with Crippen LogP contribution in [0.3, 0.4) is 0 Å². The monoisotopic (exact) mass is 1170 g/mol. The van der Waals surface area contributed by atoms with Crippen molar-refractivity contribution >= 4 is 86.4 Å². The fraction of sp³-hybridized carbons (Fsp3) is 0. The van der Waals surface area contributed by atoms with E-state index in [9.17, 15) is 0 Å². The minimum absolute atomic E-state index is 0.847. The molecule has 0 bridgehead atoms. The molecule has 0 aliphatic carbocycles. The van der Waals surface area contributed by atoms with Gasteiger partial charge in [0.05, 0.1) is 39.5 Å². The second kappa shape index (κ2) is 23.0. The number of nitrogens with zero attached hydrogens (tertiary/aromatic N) is 6. The van der Waals surface area contributed by atoms with Crippen LogP contribution >= 0.6 is 0 Å². The number of rotatable bonds is 8. The van der Waals surface area contributed by atoms with Gasteiger partial charge < -0.3 is 0 Å². The van der Waals surface area contributed by atoms with Gasteiger partial charge in [-0.05, 0) is 172 Å². The third kappa shape index (κ3) is 9.99. The molecule has 18 aromatic rings. The van der Waals surface area contributed by atoms with Gasteiger partial charge in [-0.3, -0.25) is 19.9 Å². The quantitative estimate of drug-likeness (QED) is 0.141. The molecule has 0 unspecified atom stereocenters. The first-order chi connectivity index (χ1) is 45.6. The Bertz CT molecular complexity index is 5510. The van der Waals surface area contributed by atoms with Crippen LogP contribution in [0, 0.1) is 0 Å². The summed E-state index contributed by atoms with van der Waals surface area (Å²) in [6, 6.07) is 105. The Hall–Kier alpha value is -12.4. The second-order valence-electron chi connectivity index (χ2n) is 23.4. The van der Waals surface area contributed by atoms with Crippen LogP contribution in [0.4, 0.5) is 0 Å². The second-order valence-corrected chi connectivity index (χ2v) is 23.4. The maximum Gasteiger partial charge on any atom is 0.0886 e. The fourth-order valence-corrected chi connectivity index (χ4v) is 13.2. The Balaban J connectivity index is 0.000000141. The highest BCUT2D eigenvalue weighted by molar-refractivity contribution is 6.18. The smallest absolute Gasteiger partial charge is 0.0886 e. The highest BCUT2D eigenvalue weighted by Gasteiger charge is 2.20. The molecule has 6 heteroatoms. The lowest BCUT2D eigenvalue weighted by Gasteiger charge is -2.16. The molecule has 0 amide bonds. The van der Waals surface area contributed by atoms with Crippen LogP contribution in [0.25, 0.3) is 176 Å². The molecule has 0 aliphatic rings. The van der Waals surface area contributed by atoms with E-state index in [-0.39, 0.29) is 0 Å². The number of hydrogen-bond acceptors (Lipinski definition) is 6. The highest BCUT2D eigenvalue weighted by atomic mass is 14.8. The molecule has 6 nitrogen and oxygen atoms in total. The Morgan fingerprint density at radius 2 is 0.565 bits per heavy atom. The van der Waals surface area contributed by atoms with Gasteiger partial charge in [0.1, 0.15) is 0 Å². The molecule has 428 valence electrons. The third-order valence-electron chi connectivity index (χ3n) is 17.9. The van der Waals surface area contributed by atoms with Gasteiger partial charge in [0.2, 0.25) is 0 Å². The van der Waals surface area contributed by atoms with Gasteiger partial charge in [-0.15, -0.1) is 0 Å². The van der Waals surface area contributed by atoms with E-state index in [0.29, 0.717) is 0 Å². The first-order valence-electron chi connectivity index (χ1n) is 31.0. The summed E-state index contributed by atoms with van der Waals surface area (Å²) < 4.78 is 0. The first-order valence-corrected chi connectivity index (χ1v) is 31.0. The maximum atomic E-state index is 5.39. The summed E-state index contributed by atoms with van der Waals surface area (Å²) in [6.45, 7) is 0. The van der Waals surface area contributed by atoms with Crippen LogP contribution in [0.1, 0.15) is 0 Å². The summed E-state index contributed by atoms with van der Waals surface area (Å²) in [4.78, 5) is 29.3. The number of benzene rings is 12. The molecule has 6 aromatic heterocycles. The molecule has 0 radical (unpaired) electrons. The number of aromatic nitrogens is 6. The number of hydrogen-bond donors (Lipinski definition) is 0. The number of fused-ring (bicyclic) bond motifs is 10. The van der Waals surface area contributed by atoms with Gasteiger partial charge in [0.15, 0.2) is 0 Å². The van der Waals surface area contributed by atoms with Crippen LogP contribution in [-0.4, -0.2) is 29.9 Å². The first kappa shape index (κ1) is 53.8. The molecule has 0 saturated carbocycles. The molecule has 0 fully saturated rings. The van der Waals surface area contributed by atoms with E-state index in [0.717, 1.165) is 100.0 Å². The summed E-state index contributed by atoms with van der Waals surface area (Å²) in [5.41, 5.74) is 18.6. The summed E-state index contributed by atoms with van der Waals surface area (Å²) >= 11 is 0. The van der Waals surface area contributed by atoms with Crippen LogP contribution in [-0.2, 0) is 0 Å². The molecular formula is C86H54N6. The zero-order valence-electron chi connectivity index (χ0n) is 49.9. The zero-order chi connectivity index (χ0) is 60.9. The Labute approximate surface area is 531 Å². The van der Waals surface area contributed by atoms with Crippen molar-refractivity contribution in [2.24, 2.45) is 0 Å². The van der Waals surface area contributed by atoms with E-state index in [1.807, 2.05) is 48.9 Å². The Kier molecular flexibility index (Phi) is 13.4. The molecular weight excluding hydrogens is 1120 g/mol. The van der Waals surface area contributed by atoms with E-state index < -0.39 is 0 Å². The molecule has 0 spiro atoms. The minimum Gasteiger partial charge on any atom is -0.264 e. The highest BCUT2D eigenvalue weighted by Crippen LogP contribution is 2.44. The average molecular weight is 1170 g/mol. The van der Waals surface area contributed by atoms with Crippen molar-refractivity contribution in [2.45, 2.75) is 0 Å². The lowest BCUT2D eigenvalue weighted by atomic mass is 9.90. The fourth-order valence-electron chi connectivity index (χ4n) is 13.2. The van der Waals surface area contributed by atoms with Gasteiger partial charge in [-0.25, -0.2) is 9.97 Å². The predicted molar refractivity (Wildman–Crippen MR) is 383 cm³/mol. The molecule has 18 rings (SSSR count). The molecule has 12 aromatic carbocycles. The summed E-state index contributed by atoms with van der Waals surface area (Å²) in [5, 5.41) is 16.6. The topological polar surface area (TPSA) is 77.3 Å². The molecule has 0 N–H and O–H groups in total. The lowest BCUT2D eigenvalue weighted by molar-refractivity contribution is 1.25. The van der Waals surface area contributed by atoms with Crippen molar-refractivity contribution in [2.75, 3.05) is 0 Å². The summed E-state index contributed by atoms with van der Waals surface area (Å²) in [6.07, 6.45) is 9.38. The predicted octanol–water partition coefficient (Wildman–Crippen LogP) is 22.3. The molecule has 0 aliphatic heterocycles. The van der Waals surface area contributed by atoms with Crippen LogP contribution < -0.4 is 0 Å². The molecule has 92 heavy (non-hydrogen) atoms. The summed E-state index contributed by atoms with van der Waals surface area (Å²) in [7, 11) is 0. The molecule has 0 saturated heterocycles. The van der Waals surface area contributed by atoms with E-state index in [4.69, 9.17) is 19.9 Å². The van der Waals surface area contributed by atoms with E-state index in [1.54, 1.807) is 12.4 Å². The van der Waals surface area contributed by atoms with E-state index in [2.05, 4.69) is 277 Å². The van der Waals surface area contributed by atoms with Gasteiger partial charge in [0.25, 0.3) is 0 Å². The van der Waals surface area contributed by atoms with E-state index in [1.165, 1.54) is 76.1 Å². The summed E-state index contributed by atoms with van der Waals surface area (Å²) in [5.74, 6) is 0. The Morgan fingerprint density at radius 3 is 0.989 bits per heavy atom. The SMILES string of the molecule is c1ccc(-c2ccc(-c3cc(-c4ccc5ccccc5c4)nc4c3cc(-c3ccc5ccccc5c3)c3ccccc34)cn2)nc1.c1cncc(-c2ccc(-c3cc(-c4ccc5ccccc5c4)nc4c3cc(-c3ccc5ccccc5c3)c3ccccc34)cn2)c1. The zero-order valence-corrected chi connectivity index (χ0v) is 49.9. The van der Waals surface area contributed by atoms with Gasteiger partial charge in [-0.1, -0.05) is 212 Å². The number of pyridine rings is 6. The van der Waals surface area contributed by atoms with Crippen LogP contribution in [0.2, 0.25) is 0 Å². The van der Waals surface area contributed by atoms with Crippen LogP contribution in [0.15, 0.2) is 328 Å². The van der Waals surface area contributed by atoms with Crippen molar-refractivity contribution < 1.29 is 0 Å². The third-order valence-corrected chi connectivity index (χ3v) is 17.9. The van der Waals surface area contributed by atoms with Crippen molar-refractivity contribution in [1.82, 2.24) is 29.9 Å². The minimum atomic E-state index is 0.847.